The lowest BCUT2D eigenvalue weighted by molar-refractivity contribution is -0.385. The van der Waals surface area contributed by atoms with E-state index in [0.717, 1.165) is 0 Å². The van der Waals surface area contributed by atoms with E-state index in [1.165, 1.54) is 26.3 Å². The van der Waals surface area contributed by atoms with Gasteiger partial charge in [0.05, 0.1) is 10.6 Å². The number of sulfonamides is 1. The minimum Gasteiger partial charge on any atom is -0.334 e. The Morgan fingerprint density at radius 2 is 1.69 bits per heavy atom. The normalized spacial score (nSPS) is 15.6. The SMILES string of the molecule is CCn1cc(S(=O)(=O)N2CCN(C(=O)c3nn(CC)cc3[N+](=O)[O-])CC2)c(C)n1. The van der Waals surface area contributed by atoms with Crippen molar-refractivity contribution in [3.8, 4) is 0 Å². The Labute approximate surface area is 167 Å². The fraction of sp³-hybridized carbons (Fsp3) is 0.562. The molecule has 0 aromatic carbocycles. The van der Waals surface area contributed by atoms with Crippen LogP contribution in [0.25, 0.3) is 0 Å². The number of rotatable bonds is 6. The molecule has 158 valence electrons. The summed E-state index contributed by atoms with van der Waals surface area (Å²) in [6.07, 6.45) is 2.73. The third kappa shape index (κ3) is 3.87. The second-order valence-electron chi connectivity index (χ2n) is 6.61. The maximum atomic E-state index is 12.9. The number of piperazine rings is 1. The van der Waals surface area contributed by atoms with E-state index in [2.05, 4.69) is 10.2 Å². The zero-order valence-corrected chi connectivity index (χ0v) is 17.3. The minimum absolute atomic E-state index is 0.0904. The Kier molecular flexibility index (Phi) is 5.71. The third-order valence-electron chi connectivity index (χ3n) is 4.83. The maximum absolute atomic E-state index is 12.9. The van der Waals surface area contributed by atoms with Crippen LogP contribution in [0.3, 0.4) is 0 Å². The van der Waals surface area contributed by atoms with Gasteiger partial charge < -0.3 is 4.90 Å². The lowest BCUT2D eigenvalue weighted by Gasteiger charge is -2.33. The summed E-state index contributed by atoms with van der Waals surface area (Å²) < 4.78 is 30.1. The fourth-order valence-corrected chi connectivity index (χ4v) is 4.79. The van der Waals surface area contributed by atoms with Crippen LogP contribution >= 0.6 is 0 Å². The van der Waals surface area contributed by atoms with Crippen LogP contribution in [0.4, 0.5) is 5.69 Å². The molecule has 0 bridgehead atoms. The number of aryl methyl sites for hydroxylation is 3. The van der Waals surface area contributed by atoms with Gasteiger partial charge in [-0.25, -0.2) is 8.42 Å². The standard InChI is InChI=1S/C16H23N7O5S/c1-4-20-10-13(23(25)26)15(18-20)16(24)19-6-8-22(9-7-19)29(27,28)14-11-21(5-2)17-12(14)3/h10-11H,4-9H2,1-3H3. The molecular formula is C16H23N7O5S. The molecule has 0 atom stereocenters. The van der Waals surface area contributed by atoms with Crippen LogP contribution in [0.2, 0.25) is 0 Å². The molecule has 1 aliphatic heterocycles. The van der Waals surface area contributed by atoms with Crippen LogP contribution in [0, 0.1) is 17.0 Å². The van der Waals surface area contributed by atoms with E-state index in [1.807, 2.05) is 6.92 Å². The summed E-state index contributed by atoms with van der Waals surface area (Å²) in [5, 5.41) is 19.4. The van der Waals surface area contributed by atoms with Crippen molar-refractivity contribution in [2.75, 3.05) is 26.2 Å². The lowest BCUT2D eigenvalue weighted by atomic mass is 10.3. The maximum Gasteiger partial charge on any atom is 0.320 e. The number of nitrogens with zero attached hydrogens (tertiary/aromatic N) is 7. The van der Waals surface area contributed by atoms with E-state index in [1.54, 1.807) is 18.5 Å². The molecule has 1 saturated heterocycles. The molecule has 0 radical (unpaired) electrons. The summed E-state index contributed by atoms with van der Waals surface area (Å²) >= 11 is 0. The first-order valence-electron chi connectivity index (χ1n) is 9.24. The zero-order chi connectivity index (χ0) is 21.3. The van der Waals surface area contributed by atoms with Crippen LogP contribution in [-0.2, 0) is 23.1 Å². The van der Waals surface area contributed by atoms with Gasteiger partial charge in [-0.2, -0.15) is 14.5 Å². The highest BCUT2D eigenvalue weighted by Crippen LogP contribution is 2.23. The summed E-state index contributed by atoms with van der Waals surface area (Å²) in [5.41, 5.74) is -0.159. The molecule has 13 heteroatoms. The first-order valence-corrected chi connectivity index (χ1v) is 10.7. The number of nitro groups is 1. The van der Waals surface area contributed by atoms with Gasteiger partial charge in [-0.1, -0.05) is 0 Å². The lowest BCUT2D eigenvalue weighted by Crippen LogP contribution is -2.50. The van der Waals surface area contributed by atoms with Crippen molar-refractivity contribution in [3.63, 3.8) is 0 Å². The highest BCUT2D eigenvalue weighted by Gasteiger charge is 2.35. The molecule has 2 aromatic heterocycles. The number of aromatic nitrogens is 4. The van der Waals surface area contributed by atoms with Gasteiger partial charge in [0.15, 0.2) is 0 Å². The van der Waals surface area contributed by atoms with Gasteiger partial charge in [0.2, 0.25) is 15.7 Å². The summed E-state index contributed by atoms with van der Waals surface area (Å²) in [6, 6.07) is 0. The van der Waals surface area contributed by atoms with Gasteiger partial charge in [-0.3, -0.25) is 24.3 Å². The molecule has 0 unspecified atom stereocenters. The summed E-state index contributed by atoms with van der Waals surface area (Å²) in [6.45, 7) is 6.64. The molecule has 1 aliphatic rings. The third-order valence-corrected chi connectivity index (χ3v) is 6.84. The van der Waals surface area contributed by atoms with Crippen molar-refractivity contribution < 1.29 is 18.1 Å². The Bertz CT molecular complexity index is 1030. The van der Waals surface area contributed by atoms with Crippen LogP contribution in [-0.4, -0.2) is 74.2 Å². The van der Waals surface area contributed by atoms with Gasteiger partial charge >= 0.3 is 5.69 Å². The van der Waals surface area contributed by atoms with Crippen LogP contribution < -0.4 is 0 Å². The number of hydrogen-bond donors (Lipinski definition) is 0. The van der Waals surface area contributed by atoms with Crippen molar-refractivity contribution in [3.05, 3.63) is 33.9 Å². The van der Waals surface area contributed by atoms with Gasteiger partial charge in [0.25, 0.3) is 5.91 Å². The Morgan fingerprint density at radius 1 is 1.10 bits per heavy atom. The molecule has 3 heterocycles. The summed E-state index contributed by atoms with van der Waals surface area (Å²) in [4.78, 5) is 24.9. The van der Waals surface area contributed by atoms with Crippen molar-refractivity contribution in [2.24, 2.45) is 0 Å². The highest BCUT2D eigenvalue weighted by molar-refractivity contribution is 7.89. The predicted octanol–water partition coefficient (Wildman–Crippen LogP) is 0.483. The topological polar surface area (TPSA) is 136 Å². The molecule has 0 aliphatic carbocycles. The van der Waals surface area contributed by atoms with E-state index < -0.39 is 20.9 Å². The van der Waals surface area contributed by atoms with E-state index >= 15 is 0 Å². The molecule has 12 nitrogen and oxygen atoms in total. The molecular weight excluding hydrogens is 402 g/mol. The quantitative estimate of drug-likeness (QED) is 0.485. The summed E-state index contributed by atoms with van der Waals surface area (Å²) in [7, 11) is -3.73. The van der Waals surface area contributed by atoms with E-state index in [-0.39, 0.29) is 42.5 Å². The largest absolute Gasteiger partial charge is 0.334 e. The van der Waals surface area contributed by atoms with Gasteiger partial charge in [0.1, 0.15) is 11.1 Å². The molecule has 1 amide bonds. The smallest absolute Gasteiger partial charge is 0.320 e. The first-order chi connectivity index (χ1) is 13.7. The van der Waals surface area contributed by atoms with E-state index in [9.17, 15) is 23.3 Å². The first kappa shape index (κ1) is 20.9. The van der Waals surface area contributed by atoms with Crippen LogP contribution in [0.5, 0.6) is 0 Å². The predicted molar refractivity (Wildman–Crippen MR) is 102 cm³/mol. The minimum atomic E-state index is -3.73. The molecule has 0 N–H and O–H groups in total. The van der Waals surface area contributed by atoms with Crippen molar-refractivity contribution in [1.29, 1.82) is 0 Å². The molecule has 0 spiro atoms. The Hall–Kier alpha value is -2.80. The average molecular weight is 425 g/mol. The van der Waals surface area contributed by atoms with Gasteiger partial charge in [-0.05, 0) is 20.8 Å². The fourth-order valence-electron chi connectivity index (χ4n) is 3.19. The van der Waals surface area contributed by atoms with Crippen LogP contribution in [0.1, 0.15) is 30.0 Å². The second kappa shape index (κ2) is 7.91. The molecule has 1 fully saturated rings. The number of carbonyl (C=O) groups is 1. The van der Waals surface area contributed by atoms with Crippen LogP contribution in [0.15, 0.2) is 17.3 Å². The number of carbonyl (C=O) groups excluding carboxylic acids is 1. The summed E-state index contributed by atoms with van der Waals surface area (Å²) in [5.74, 6) is -0.573. The Morgan fingerprint density at radius 3 is 2.21 bits per heavy atom. The monoisotopic (exact) mass is 425 g/mol. The van der Waals surface area contributed by atoms with Crippen molar-refractivity contribution in [2.45, 2.75) is 38.8 Å². The van der Waals surface area contributed by atoms with Gasteiger partial charge in [-0.15, -0.1) is 0 Å². The van der Waals surface area contributed by atoms with E-state index in [4.69, 9.17) is 0 Å². The Balaban J connectivity index is 1.75. The molecule has 0 saturated carbocycles. The van der Waals surface area contributed by atoms with Gasteiger partial charge in [0, 0.05) is 45.5 Å². The average Bonchev–Trinajstić information content (AvgIpc) is 3.31. The van der Waals surface area contributed by atoms with E-state index in [0.29, 0.717) is 18.8 Å². The molecule has 29 heavy (non-hydrogen) atoms. The van der Waals surface area contributed by atoms with Crippen molar-refractivity contribution >= 4 is 21.6 Å². The highest BCUT2D eigenvalue weighted by atomic mass is 32.2. The molecule has 2 aromatic rings. The zero-order valence-electron chi connectivity index (χ0n) is 16.5. The van der Waals surface area contributed by atoms with Crippen molar-refractivity contribution in [1.82, 2.24) is 28.8 Å². The molecule has 3 rings (SSSR count). The number of amides is 1. The number of hydrogen-bond acceptors (Lipinski definition) is 7. The second-order valence-corrected chi connectivity index (χ2v) is 8.51.